The maximum absolute atomic E-state index is 12.9. The Morgan fingerprint density at radius 2 is 2.03 bits per heavy atom. The number of benzene rings is 1. The van der Waals surface area contributed by atoms with Crippen molar-refractivity contribution in [2.24, 2.45) is 5.92 Å². The highest BCUT2D eigenvalue weighted by Crippen LogP contribution is 2.40. The van der Waals surface area contributed by atoms with E-state index in [1.165, 1.54) is 23.8 Å². The van der Waals surface area contributed by atoms with Crippen molar-refractivity contribution in [1.29, 1.82) is 0 Å². The second-order valence-corrected chi connectivity index (χ2v) is 10.2. The Morgan fingerprint density at radius 3 is 2.88 bits per heavy atom. The summed E-state index contributed by atoms with van der Waals surface area (Å²) in [7, 11) is 0. The van der Waals surface area contributed by atoms with Crippen molar-refractivity contribution in [3.63, 3.8) is 0 Å². The molecule has 2 aliphatic heterocycles. The highest BCUT2D eigenvalue weighted by molar-refractivity contribution is 5.84. The molecular formula is C26H32N4O3. The van der Waals surface area contributed by atoms with E-state index in [1.54, 1.807) is 0 Å². The molecule has 7 nitrogen and oxygen atoms in total. The van der Waals surface area contributed by atoms with E-state index in [1.807, 2.05) is 23.2 Å². The minimum atomic E-state index is -0.101. The molecule has 1 amide bonds. The van der Waals surface area contributed by atoms with Crippen LogP contribution in [-0.2, 0) is 22.4 Å². The molecule has 1 aromatic carbocycles. The van der Waals surface area contributed by atoms with Gasteiger partial charge in [0.05, 0.1) is 5.60 Å². The van der Waals surface area contributed by atoms with Crippen LogP contribution in [-0.4, -0.2) is 51.2 Å². The monoisotopic (exact) mass is 448 g/mol. The number of carbonyl (C=O) groups excluding carboxylic acids is 1. The molecule has 4 heterocycles. The van der Waals surface area contributed by atoms with Crippen LogP contribution in [0.1, 0.15) is 68.1 Å². The summed E-state index contributed by atoms with van der Waals surface area (Å²) in [4.78, 5) is 22.9. The molecule has 1 spiro atoms. The van der Waals surface area contributed by atoms with Crippen molar-refractivity contribution in [2.75, 3.05) is 19.7 Å². The van der Waals surface area contributed by atoms with Crippen molar-refractivity contribution in [1.82, 2.24) is 20.0 Å². The molecular weight excluding hydrogens is 416 g/mol. The van der Waals surface area contributed by atoms with E-state index in [-0.39, 0.29) is 11.5 Å². The number of nitrogens with one attached hydrogen (secondary N) is 1. The Morgan fingerprint density at radius 1 is 1.18 bits per heavy atom. The van der Waals surface area contributed by atoms with Gasteiger partial charge in [-0.05, 0) is 62.5 Å². The van der Waals surface area contributed by atoms with Crippen molar-refractivity contribution in [2.45, 2.75) is 69.3 Å². The van der Waals surface area contributed by atoms with Crippen LogP contribution in [0.4, 0.5) is 0 Å². The molecule has 7 heteroatoms. The second-order valence-electron chi connectivity index (χ2n) is 10.2. The quantitative estimate of drug-likeness (QED) is 0.605. The van der Waals surface area contributed by atoms with Gasteiger partial charge in [0.15, 0.2) is 5.82 Å². The predicted octanol–water partition coefficient (Wildman–Crippen LogP) is 4.39. The van der Waals surface area contributed by atoms with Crippen LogP contribution < -0.4 is 0 Å². The molecule has 1 saturated carbocycles. The van der Waals surface area contributed by atoms with Gasteiger partial charge >= 0.3 is 0 Å². The van der Waals surface area contributed by atoms with Gasteiger partial charge in [0.1, 0.15) is 0 Å². The Kier molecular flexibility index (Phi) is 5.45. The van der Waals surface area contributed by atoms with Gasteiger partial charge in [-0.1, -0.05) is 23.4 Å². The van der Waals surface area contributed by atoms with E-state index in [4.69, 9.17) is 9.26 Å². The van der Waals surface area contributed by atoms with Crippen molar-refractivity contribution < 1.29 is 14.1 Å². The number of aromatic amines is 1. The third kappa shape index (κ3) is 4.43. The van der Waals surface area contributed by atoms with Crippen LogP contribution in [0.5, 0.6) is 0 Å². The van der Waals surface area contributed by atoms with E-state index in [9.17, 15) is 4.79 Å². The number of fused-ring (bicyclic) bond motifs is 1. The standard InChI is InChI=1S/C26H32N4O3/c31-24(8-7-20-17-27-22-4-2-1-3-21(20)22)30-12-10-26(11-13-30)16-18(9-14-32-26)15-23-28-25(29-33-23)19-5-6-19/h1-4,17-19,27H,5-16H2. The van der Waals surface area contributed by atoms with Gasteiger partial charge in [-0.3, -0.25) is 4.79 Å². The molecule has 2 saturated heterocycles. The smallest absolute Gasteiger partial charge is 0.226 e. The summed E-state index contributed by atoms with van der Waals surface area (Å²) >= 11 is 0. The van der Waals surface area contributed by atoms with Gasteiger partial charge in [-0.15, -0.1) is 0 Å². The first-order valence-electron chi connectivity index (χ1n) is 12.5. The molecule has 0 radical (unpaired) electrons. The third-order valence-corrected chi connectivity index (χ3v) is 7.80. The number of carbonyl (C=O) groups is 1. The van der Waals surface area contributed by atoms with Gasteiger partial charge < -0.3 is 19.1 Å². The lowest BCUT2D eigenvalue weighted by molar-refractivity contribution is -0.147. The average Bonchev–Trinajstić information content (AvgIpc) is 3.45. The fourth-order valence-electron chi connectivity index (χ4n) is 5.66. The summed E-state index contributed by atoms with van der Waals surface area (Å²) in [5, 5.41) is 5.38. The zero-order valence-corrected chi connectivity index (χ0v) is 19.1. The van der Waals surface area contributed by atoms with Crippen LogP contribution in [0, 0.1) is 5.92 Å². The van der Waals surface area contributed by atoms with Crippen molar-refractivity contribution >= 4 is 16.8 Å². The number of aryl methyl sites for hydroxylation is 1. The summed E-state index contributed by atoms with van der Waals surface area (Å²) in [6.45, 7) is 2.35. The number of hydrogen-bond acceptors (Lipinski definition) is 5. The Labute approximate surface area is 193 Å². The molecule has 2 aromatic heterocycles. The SMILES string of the molecule is O=C(CCc1c[nH]c2ccccc12)N1CCC2(CC1)CC(Cc1nc(C3CC3)no1)CCO2. The van der Waals surface area contributed by atoms with E-state index >= 15 is 0 Å². The predicted molar refractivity (Wildman–Crippen MR) is 124 cm³/mol. The summed E-state index contributed by atoms with van der Waals surface area (Å²) in [6.07, 6.45) is 10.5. The first-order chi connectivity index (χ1) is 16.2. The summed E-state index contributed by atoms with van der Waals surface area (Å²) in [5.41, 5.74) is 2.25. The Balaban J connectivity index is 1.01. The average molecular weight is 449 g/mol. The van der Waals surface area contributed by atoms with Gasteiger partial charge in [0.2, 0.25) is 11.8 Å². The molecule has 3 aromatic rings. The lowest BCUT2D eigenvalue weighted by Crippen LogP contribution is -2.51. The van der Waals surface area contributed by atoms with Crippen LogP contribution in [0.3, 0.4) is 0 Å². The fourth-order valence-corrected chi connectivity index (χ4v) is 5.66. The highest BCUT2D eigenvalue weighted by atomic mass is 16.5. The maximum atomic E-state index is 12.9. The number of nitrogens with zero attached hydrogens (tertiary/aromatic N) is 3. The van der Waals surface area contributed by atoms with Gasteiger partial charge in [0.25, 0.3) is 0 Å². The molecule has 1 aliphatic carbocycles. The lowest BCUT2D eigenvalue weighted by atomic mass is 9.78. The number of aromatic nitrogens is 3. The zero-order valence-electron chi connectivity index (χ0n) is 19.1. The number of likely N-dealkylation sites (tertiary alicyclic amines) is 1. The molecule has 0 bridgehead atoms. The number of hydrogen-bond donors (Lipinski definition) is 1. The van der Waals surface area contributed by atoms with Crippen LogP contribution in [0.15, 0.2) is 35.0 Å². The van der Waals surface area contributed by atoms with E-state index in [0.29, 0.717) is 18.3 Å². The first-order valence-corrected chi connectivity index (χ1v) is 12.5. The molecule has 33 heavy (non-hydrogen) atoms. The van der Waals surface area contributed by atoms with Crippen LogP contribution in [0.25, 0.3) is 10.9 Å². The summed E-state index contributed by atoms with van der Waals surface area (Å²) < 4.78 is 11.8. The number of rotatable bonds is 6. The number of H-pyrrole nitrogens is 1. The molecule has 3 fully saturated rings. The van der Waals surface area contributed by atoms with Crippen LogP contribution >= 0.6 is 0 Å². The number of para-hydroxylation sites is 1. The Bertz CT molecular complexity index is 1120. The van der Waals surface area contributed by atoms with Crippen LogP contribution in [0.2, 0.25) is 0 Å². The molecule has 1 unspecified atom stereocenters. The Hall–Kier alpha value is -2.67. The minimum Gasteiger partial charge on any atom is -0.375 e. The number of amides is 1. The third-order valence-electron chi connectivity index (χ3n) is 7.80. The largest absolute Gasteiger partial charge is 0.375 e. The topological polar surface area (TPSA) is 84.3 Å². The molecule has 6 rings (SSSR count). The van der Waals surface area contributed by atoms with Crippen molar-refractivity contribution in [3.05, 3.63) is 47.7 Å². The molecule has 3 aliphatic rings. The normalized spacial score (nSPS) is 22.8. The zero-order chi connectivity index (χ0) is 22.3. The number of ether oxygens (including phenoxy) is 1. The first kappa shape index (κ1) is 20.9. The molecule has 174 valence electrons. The summed E-state index contributed by atoms with van der Waals surface area (Å²) in [6, 6.07) is 8.27. The summed E-state index contributed by atoms with van der Waals surface area (Å²) in [5.74, 6) is 2.97. The molecule has 1 atom stereocenters. The van der Waals surface area contributed by atoms with E-state index < -0.39 is 0 Å². The van der Waals surface area contributed by atoms with E-state index in [2.05, 4.69) is 27.3 Å². The van der Waals surface area contributed by atoms with Crippen molar-refractivity contribution in [3.8, 4) is 0 Å². The maximum Gasteiger partial charge on any atom is 0.226 e. The minimum absolute atomic E-state index is 0.101. The fraction of sp³-hybridized carbons (Fsp3) is 0.577. The highest BCUT2D eigenvalue weighted by Gasteiger charge is 2.41. The molecule has 1 N–H and O–H groups in total. The van der Waals surface area contributed by atoms with E-state index in [0.717, 1.165) is 75.5 Å². The second kappa shape index (κ2) is 8.60. The number of piperidine rings is 1. The van der Waals surface area contributed by atoms with Gasteiger partial charge in [-0.25, -0.2) is 0 Å². The van der Waals surface area contributed by atoms with Gasteiger partial charge in [0, 0.05) is 55.6 Å². The lowest BCUT2D eigenvalue weighted by Gasteiger charge is -2.46. The van der Waals surface area contributed by atoms with Gasteiger partial charge in [-0.2, -0.15) is 4.98 Å².